The summed E-state index contributed by atoms with van der Waals surface area (Å²) >= 11 is 0. The zero-order valence-corrected chi connectivity index (χ0v) is 19.0. The topological polar surface area (TPSA) is 96.0 Å². The SMILES string of the molecule is O=C1CCC(N2C(=O)c3ccc(CN4CC(C5CCOc6cc(F)ccc65)C4)cc3C2=O)C(=O)N1. The molecule has 2 atom stereocenters. The van der Waals surface area contributed by atoms with Crippen LogP contribution in [0.25, 0.3) is 0 Å². The lowest BCUT2D eigenvalue weighted by Gasteiger charge is -2.45. The number of rotatable bonds is 4. The molecular weight excluding hydrogens is 453 g/mol. The number of carbonyl (C=O) groups is 4. The molecule has 0 saturated carbocycles. The maximum absolute atomic E-state index is 13.6. The van der Waals surface area contributed by atoms with Crippen molar-refractivity contribution in [3.8, 4) is 5.75 Å². The van der Waals surface area contributed by atoms with Gasteiger partial charge in [0.25, 0.3) is 11.8 Å². The fraction of sp³-hybridized carbons (Fsp3) is 0.385. The highest BCUT2D eigenvalue weighted by molar-refractivity contribution is 6.23. The van der Waals surface area contributed by atoms with Crippen LogP contribution in [0.2, 0.25) is 0 Å². The van der Waals surface area contributed by atoms with Gasteiger partial charge in [0.2, 0.25) is 11.8 Å². The molecule has 180 valence electrons. The number of likely N-dealkylation sites (tertiary alicyclic amines) is 1. The zero-order valence-electron chi connectivity index (χ0n) is 19.0. The van der Waals surface area contributed by atoms with Gasteiger partial charge in [-0.3, -0.25) is 34.3 Å². The quantitative estimate of drug-likeness (QED) is 0.679. The Bertz CT molecular complexity index is 1270. The standard InChI is InChI=1S/C26H24FN3O5/c27-16-2-4-18-17(7-8-35-22(18)10-16)15-12-29(13-15)11-14-1-3-19-20(9-14)26(34)30(25(19)33)21-5-6-23(31)28-24(21)32/h1-4,9-10,15,17,21H,5-8,11-13H2,(H,28,31,32). The highest BCUT2D eigenvalue weighted by Gasteiger charge is 2.45. The number of ether oxygens (including phenoxy) is 1. The van der Waals surface area contributed by atoms with E-state index in [0.717, 1.165) is 35.5 Å². The first-order chi connectivity index (χ1) is 16.9. The number of piperidine rings is 1. The van der Waals surface area contributed by atoms with Crippen LogP contribution in [0.15, 0.2) is 36.4 Å². The Morgan fingerprint density at radius 3 is 2.57 bits per heavy atom. The van der Waals surface area contributed by atoms with Crippen LogP contribution >= 0.6 is 0 Å². The molecule has 0 spiro atoms. The van der Waals surface area contributed by atoms with E-state index in [4.69, 9.17) is 4.74 Å². The van der Waals surface area contributed by atoms with Crippen molar-refractivity contribution in [2.75, 3.05) is 19.7 Å². The van der Waals surface area contributed by atoms with E-state index >= 15 is 0 Å². The van der Waals surface area contributed by atoms with E-state index < -0.39 is 29.7 Å². The van der Waals surface area contributed by atoms with Crippen molar-refractivity contribution in [2.24, 2.45) is 5.92 Å². The van der Waals surface area contributed by atoms with E-state index in [1.807, 2.05) is 12.1 Å². The molecule has 0 radical (unpaired) electrons. The number of halogens is 1. The second-order valence-corrected chi connectivity index (χ2v) is 9.71. The minimum atomic E-state index is -0.962. The minimum Gasteiger partial charge on any atom is -0.493 e. The molecular formula is C26H24FN3O5. The van der Waals surface area contributed by atoms with Gasteiger partial charge in [0.15, 0.2) is 0 Å². The lowest BCUT2D eigenvalue weighted by molar-refractivity contribution is -0.136. The zero-order chi connectivity index (χ0) is 24.3. The van der Waals surface area contributed by atoms with Crippen molar-refractivity contribution in [1.29, 1.82) is 0 Å². The predicted octanol–water partition coefficient (Wildman–Crippen LogP) is 2.23. The predicted molar refractivity (Wildman–Crippen MR) is 121 cm³/mol. The molecule has 35 heavy (non-hydrogen) atoms. The molecule has 2 aromatic rings. The molecule has 9 heteroatoms. The highest BCUT2D eigenvalue weighted by atomic mass is 19.1. The number of fused-ring (bicyclic) bond motifs is 2. The summed E-state index contributed by atoms with van der Waals surface area (Å²) in [5.41, 5.74) is 2.58. The fourth-order valence-electron chi connectivity index (χ4n) is 5.75. The second kappa shape index (κ2) is 8.27. The van der Waals surface area contributed by atoms with Gasteiger partial charge in [0.05, 0.1) is 17.7 Å². The van der Waals surface area contributed by atoms with E-state index in [-0.39, 0.29) is 24.2 Å². The summed E-state index contributed by atoms with van der Waals surface area (Å²) in [6, 6.07) is 9.04. The molecule has 8 nitrogen and oxygen atoms in total. The van der Waals surface area contributed by atoms with Crippen molar-refractivity contribution in [3.05, 3.63) is 64.5 Å². The van der Waals surface area contributed by atoms with Crippen LogP contribution in [0.3, 0.4) is 0 Å². The van der Waals surface area contributed by atoms with Crippen LogP contribution in [0, 0.1) is 11.7 Å². The molecule has 4 amide bonds. The Morgan fingerprint density at radius 1 is 0.971 bits per heavy atom. The lowest BCUT2D eigenvalue weighted by Crippen LogP contribution is -2.54. The fourth-order valence-corrected chi connectivity index (χ4v) is 5.75. The minimum absolute atomic E-state index is 0.0950. The third kappa shape index (κ3) is 3.70. The summed E-state index contributed by atoms with van der Waals surface area (Å²) in [7, 11) is 0. The Morgan fingerprint density at radius 2 is 1.77 bits per heavy atom. The van der Waals surface area contributed by atoms with Gasteiger partial charge < -0.3 is 4.74 Å². The third-order valence-corrected chi connectivity index (χ3v) is 7.53. The van der Waals surface area contributed by atoms with Crippen molar-refractivity contribution < 1.29 is 28.3 Å². The molecule has 0 aliphatic carbocycles. The Kier molecular flexibility index (Phi) is 5.17. The van der Waals surface area contributed by atoms with Crippen LogP contribution < -0.4 is 10.1 Å². The molecule has 2 aromatic carbocycles. The molecule has 6 rings (SSSR count). The third-order valence-electron chi connectivity index (χ3n) is 7.53. The lowest BCUT2D eigenvalue weighted by atomic mass is 9.77. The van der Waals surface area contributed by atoms with Crippen LogP contribution in [-0.4, -0.2) is 59.2 Å². The van der Waals surface area contributed by atoms with E-state index in [1.54, 1.807) is 12.1 Å². The maximum atomic E-state index is 13.6. The number of nitrogens with one attached hydrogen (secondary N) is 1. The number of benzene rings is 2. The first-order valence-corrected chi connectivity index (χ1v) is 11.9. The molecule has 2 fully saturated rings. The summed E-state index contributed by atoms with van der Waals surface area (Å²) in [6.07, 6.45) is 1.14. The van der Waals surface area contributed by atoms with Crippen molar-refractivity contribution in [1.82, 2.24) is 15.1 Å². The molecule has 4 aliphatic heterocycles. The summed E-state index contributed by atoms with van der Waals surface area (Å²) in [6.45, 7) is 2.99. The van der Waals surface area contributed by atoms with Gasteiger partial charge in [0, 0.05) is 32.1 Å². The van der Waals surface area contributed by atoms with Gasteiger partial charge in [-0.25, -0.2) is 4.39 Å². The van der Waals surface area contributed by atoms with Crippen LogP contribution in [0.4, 0.5) is 4.39 Å². The molecule has 4 heterocycles. The van der Waals surface area contributed by atoms with Gasteiger partial charge in [-0.1, -0.05) is 12.1 Å². The monoisotopic (exact) mass is 477 g/mol. The molecule has 2 saturated heterocycles. The van der Waals surface area contributed by atoms with Gasteiger partial charge in [-0.2, -0.15) is 0 Å². The summed E-state index contributed by atoms with van der Waals surface area (Å²) < 4.78 is 19.2. The molecule has 4 aliphatic rings. The number of imide groups is 2. The molecule has 1 N–H and O–H groups in total. The van der Waals surface area contributed by atoms with Gasteiger partial charge in [-0.05, 0) is 54.0 Å². The van der Waals surface area contributed by atoms with Gasteiger partial charge in [0.1, 0.15) is 17.6 Å². The normalized spacial score (nSPS) is 24.5. The summed E-state index contributed by atoms with van der Waals surface area (Å²) in [5.74, 6) is -0.865. The first-order valence-electron chi connectivity index (χ1n) is 11.9. The van der Waals surface area contributed by atoms with Crippen molar-refractivity contribution in [3.63, 3.8) is 0 Å². The van der Waals surface area contributed by atoms with Gasteiger partial charge in [-0.15, -0.1) is 0 Å². The first kappa shape index (κ1) is 21.9. The molecule has 0 bridgehead atoms. The molecule has 2 unspecified atom stereocenters. The van der Waals surface area contributed by atoms with E-state index in [9.17, 15) is 23.6 Å². The average Bonchev–Trinajstić information content (AvgIpc) is 3.05. The number of amides is 4. The number of hydrogen-bond acceptors (Lipinski definition) is 6. The van der Waals surface area contributed by atoms with E-state index in [0.29, 0.717) is 36.3 Å². The average molecular weight is 477 g/mol. The van der Waals surface area contributed by atoms with Crippen molar-refractivity contribution >= 4 is 23.6 Å². The van der Waals surface area contributed by atoms with Crippen molar-refractivity contribution in [2.45, 2.75) is 37.8 Å². The van der Waals surface area contributed by atoms with Gasteiger partial charge >= 0.3 is 0 Å². The van der Waals surface area contributed by atoms with E-state index in [1.165, 1.54) is 12.1 Å². The van der Waals surface area contributed by atoms with Crippen LogP contribution in [-0.2, 0) is 16.1 Å². The highest BCUT2D eigenvalue weighted by Crippen LogP contribution is 2.42. The largest absolute Gasteiger partial charge is 0.493 e. The number of hydrogen-bond donors (Lipinski definition) is 1. The van der Waals surface area contributed by atoms with E-state index in [2.05, 4.69) is 10.2 Å². The Balaban J connectivity index is 1.12. The van der Waals surface area contributed by atoms with Crippen LogP contribution in [0.5, 0.6) is 5.75 Å². The second-order valence-electron chi connectivity index (χ2n) is 9.71. The maximum Gasteiger partial charge on any atom is 0.262 e. The Hall–Kier alpha value is -3.59. The Labute approximate surface area is 201 Å². The smallest absolute Gasteiger partial charge is 0.262 e. The molecule has 0 aromatic heterocycles. The summed E-state index contributed by atoms with van der Waals surface area (Å²) in [5, 5.41) is 2.21. The number of nitrogens with zero attached hydrogens (tertiary/aromatic N) is 2. The summed E-state index contributed by atoms with van der Waals surface area (Å²) in [4.78, 5) is 52.9. The van der Waals surface area contributed by atoms with Crippen LogP contribution in [0.1, 0.15) is 57.0 Å². The number of carbonyl (C=O) groups excluding carboxylic acids is 4.